The average Bonchev–Trinajstić information content (AvgIpc) is 2.29. The Hall–Kier alpha value is -0.130. The summed E-state index contributed by atoms with van der Waals surface area (Å²) in [6.45, 7) is 1.62. The highest BCUT2D eigenvalue weighted by atomic mass is 32.2. The van der Waals surface area contributed by atoms with E-state index in [9.17, 15) is 8.42 Å². The zero-order valence-electron chi connectivity index (χ0n) is 9.89. The summed E-state index contributed by atoms with van der Waals surface area (Å²) < 4.78 is 30.3. The highest BCUT2D eigenvalue weighted by Gasteiger charge is 2.32. The lowest BCUT2D eigenvalue weighted by Crippen LogP contribution is -2.48. The maximum absolute atomic E-state index is 11.5. The molecule has 1 atom stereocenters. The zero-order chi connectivity index (χ0) is 11.6. The van der Waals surface area contributed by atoms with Crippen molar-refractivity contribution in [2.45, 2.75) is 38.2 Å². The van der Waals surface area contributed by atoms with Crippen molar-refractivity contribution in [1.82, 2.24) is 4.31 Å². The molecule has 0 aromatic rings. The van der Waals surface area contributed by atoms with Crippen LogP contribution in [0.3, 0.4) is 0 Å². The second-order valence-electron chi connectivity index (χ2n) is 4.93. The smallest absolute Gasteiger partial charge is 0.211 e. The van der Waals surface area contributed by atoms with Gasteiger partial charge in [-0.2, -0.15) is 4.31 Å². The molecule has 94 valence electrons. The van der Waals surface area contributed by atoms with Crippen molar-refractivity contribution in [3.05, 3.63) is 0 Å². The predicted molar refractivity (Wildman–Crippen MR) is 62.7 cm³/mol. The van der Waals surface area contributed by atoms with Gasteiger partial charge in [0.25, 0.3) is 0 Å². The van der Waals surface area contributed by atoms with Crippen molar-refractivity contribution in [3.63, 3.8) is 0 Å². The molecule has 2 aliphatic rings. The van der Waals surface area contributed by atoms with Crippen molar-refractivity contribution in [3.8, 4) is 0 Å². The van der Waals surface area contributed by atoms with Crippen LogP contribution >= 0.6 is 0 Å². The Morgan fingerprint density at radius 2 is 1.88 bits per heavy atom. The molecule has 0 aromatic carbocycles. The molecule has 0 radical (unpaired) electrons. The molecule has 0 aromatic heterocycles. The quantitative estimate of drug-likeness (QED) is 0.737. The lowest BCUT2D eigenvalue weighted by atomic mass is 9.85. The number of rotatable bonds is 2. The fourth-order valence-electron chi connectivity index (χ4n) is 2.74. The number of hydrogen-bond acceptors (Lipinski definition) is 3. The first-order chi connectivity index (χ1) is 7.57. The Kier molecular flexibility index (Phi) is 3.87. The van der Waals surface area contributed by atoms with Crippen molar-refractivity contribution in [1.29, 1.82) is 0 Å². The molecule has 2 fully saturated rings. The van der Waals surface area contributed by atoms with E-state index in [4.69, 9.17) is 4.74 Å². The Balaban J connectivity index is 1.95. The van der Waals surface area contributed by atoms with E-state index < -0.39 is 10.0 Å². The number of hydrogen-bond donors (Lipinski definition) is 0. The molecule has 0 amide bonds. The van der Waals surface area contributed by atoms with Crippen molar-refractivity contribution >= 4 is 10.0 Å². The topological polar surface area (TPSA) is 46.6 Å². The van der Waals surface area contributed by atoms with Crippen LogP contribution in [0, 0.1) is 5.92 Å². The SMILES string of the molecule is CS(=O)(=O)N1CCO[C@@H](C2CCCCC2)C1. The summed E-state index contributed by atoms with van der Waals surface area (Å²) in [7, 11) is -3.04. The summed E-state index contributed by atoms with van der Waals surface area (Å²) in [6, 6.07) is 0. The number of ether oxygens (including phenoxy) is 1. The molecule has 1 saturated heterocycles. The predicted octanol–water partition coefficient (Wildman–Crippen LogP) is 1.23. The molecule has 16 heavy (non-hydrogen) atoms. The summed E-state index contributed by atoms with van der Waals surface area (Å²) >= 11 is 0. The Morgan fingerprint density at radius 1 is 1.19 bits per heavy atom. The molecule has 2 rings (SSSR count). The fourth-order valence-corrected chi connectivity index (χ4v) is 3.57. The first-order valence-electron chi connectivity index (χ1n) is 6.14. The van der Waals surface area contributed by atoms with Gasteiger partial charge in [0.15, 0.2) is 0 Å². The molecule has 1 aliphatic carbocycles. The summed E-state index contributed by atoms with van der Waals surface area (Å²) in [4.78, 5) is 0. The summed E-state index contributed by atoms with van der Waals surface area (Å²) in [5.74, 6) is 0.568. The van der Waals surface area contributed by atoms with E-state index in [1.165, 1.54) is 38.4 Å². The molecule has 0 bridgehead atoms. The summed E-state index contributed by atoms with van der Waals surface area (Å²) in [5.41, 5.74) is 0. The molecule has 5 heteroatoms. The van der Waals surface area contributed by atoms with Crippen LogP contribution in [0.2, 0.25) is 0 Å². The highest BCUT2D eigenvalue weighted by molar-refractivity contribution is 7.88. The maximum atomic E-state index is 11.5. The van der Waals surface area contributed by atoms with Gasteiger partial charge in [-0.25, -0.2) is 8.42 Å². The van der Waals surface area contributed by atoms with E-state index in [1.54, 1.807) is 4.31 Å². The Bertz CT molecular complexity index is 322. The van der Waals surface area contributed by atoms with Gasteiger partial charge in [0.2, 0.25) is 10.0 Å². The van der Waals surface area contributed by atoms with Gasteiger partial charge in [-0.05, 0) is 18.8 Å². The van der Waals surface area contributed by atoms with Gasteiger partial charge in [0.1, 0.15) is 0 Å². The van der Waals surface area contributed by atoms with Crippen LogP contribution in [0.4, 0.5) is 0 Å². The van der Waals surface area contributed by atoms with Crippen LogP contribution in [0.5, 0.6) is 0 Å². The molecule has 1 aliphatic heterocycles. The van der Waals surface area contributed by atoms with Crippen LogP contribution in [-0.2, 0) is 14.8 Å². The van der Waals surface area contributed by atoms with E-state index in [2.05, 4.69) is 0 Å². The van der Waals surface area contributed by atoms with Crippen LogP contribution in [0.1, 0.15) is 32.1 Å². The lowest BCUT2D eigenvalue weighted by Gasteiger charge is -2.37. The zero-order valence-corrected chi connectivity index (χ0v) is 10.7. The second kappa shape index (κ2) is 5.02. The molecule has 0 N–H and O–H groups in total. The van der Waals surface area contributed by atoms with Crippen LogP contribution in [0.25, 0.3) is 0 Å². The second-order valence-corrected chi connectivity index (χ2v) is 6.91. The van der Waals surface area contributed by atoms with Crippen LogP contribution < -0.4 is 0 Å². The van der Waals surface area contributed by atoms with Crippen molar-refractivity contribution in [2.24, 2.45) is 5.92 Å². The first-order valence-corrected chi connectivity index (χ1v) is 7.99. The number of morpholine rings is 1. The van der Waals surface area contributed by atoms with Gasteiger partial charge < -0.3 is 4.74 Å². The monoisotopic (exact) mass is 247 g/mol. The lowest BCUT2D eigenvalue weighted by molar-refractivity contribution is -0.0429. The minimum atomic E-state index is -3.04. The normalized spacial score (nSPS) is 30.4. The van der Waals surface area contributed by atoms with Gasteiger partial charge in [0, 0.05) is 13.1 Å². The highest BCUT2D eigenvalue weighted by Crippen LogP contribution is 2.29. The average molecular weight is 247 g/mol. The molecular formula is C11H21NO3S. The van der Waals surface area contributed by atoms with Gasteiger partial charge in [-0.3, -0.25) is 0 Å². The first kappa shape index (κ1) is 12.3. The van der Waals surface area contributed by atoms with Crippen molar-refractivity contribution < 1.29 is 13.2 Å². The third kappa shape index (κ3) is 2.96. The molecule has 1 saturated carbocycles. The van der Waals surface area contributed by atoms with E-state index in [0.29, 0.717) is 25.6 Å². The van der Waals surface area contributed by atoms with Crippen LogP contribution in [-0.4, -0.2) is 44.8 Å². The van der Waals surface area contributed by atoms with Crippen LogP contribution in [0.15, 0.2) is 0 Å². The Labute approximate surface area is 98.0 Å². The van der Waals surface area contributed by atoms with Gasteiger partial charge >= 0.3 is 0 Å². The molecule has 0 spiro atoms. The van der Waals surface area contributed by atoms with E-state index in [0.717, 1.165) is 0 Å². The minimum Gasteiger partial charge on any atom is -0.375 e. The molecule has 0 unspecified atom stereocenters. The third-order valence-corrected chi connectivity index (χ3v) is 4.97. The summed E-state index contributed by atoms with van der Waals surface area (Å²) in [6.07, 6.45) is 7.66. The minimum absolute atomic E-state index is 0.128. The molecule has 4 nitrogen and oxygen atoms in total. The summed E-state index contributed by atoms with van der Waals surface area (Å²) in [5, 5.41) is 0. The standard InChI is InChI=1S/C11H21NO3S/c1-16(13,14)12-7-8-15-11(9-12)10-5-3-2-4-6-10/h10-11H,2-9H2,1H3/t11-/m1/s1. The number of nitrogens with zero attached hydrogens (tertiary/aromatic N) is 1. The Morgan fingerprint density at radius 3 is 2.50 bits per heavy atom. The molecular weight excluding hydrogens is 226 g/mol. The van der Waals surface area contributed by atoms with E-state index in [1.807, 2.05) is 0 Å². The third-order valence-electron chi connectivity index (χ3n) is 3.70. The van der Waals surface area contributed by atoms with E-state index >= 15 is 0 Å². The fraction of sp³-hybridized carbons (Fsp3) is 1.00. The maximum Gasteiger partial charge on any atom is 0.211 e. The van der Waals surface area contributed by atoms with Gasteiger partial charge in [0.05, 0.1) is 19.0 Å². The number of sulfonamides is 1. The van der Waals surface area contributed by atoms with Gasteiger partial charge in [-0.1, -0.05) is 19.3 Å². The van der Waals surface area contributed by atoms with E-state index in [-0.39, 0.29) is 6.10 Å². The molecule has 1 heterocycles. The van der Waals surface area contributed by atoms with Gasteiger partial charge in [-0.15, -0.1) is 0 Å². The largest absolute Gasteiger partial charge is 0.375 e. The van der Waals surface area contributed by atoms with Crippen molar-refractivity contribution in [2.75, 3.05) is 26.0 Å².